The third-order valence-corrected chi connectivity index (χ3v) is 9.39. The van der Waals surface area contributed by atoms with Gasteiger partial charge in [0.2, 0.25) is 0 Å². The predicted octanol–water partition coefficient (Wildman–Crippen LogP) is 6.27. The molecule has 0 spiro atoms. The first-order chi connectivity index (χ1) is 14.8. The van der Waals surface area contributed by atoms with Gasteiger partial charge in [-0.05, 0) is 63.8 Å². The molecule has 2 atom stereocenters. The van der Waals surface area contributed by atoms with Crippen LogP contribution >= 0.6 is 15.9 Å². The molecule has 1 N–H and O–H groups in total. The molecule has 3 rings (SSSR count). The van der Waals surface area contributed by atoms with E-state index in [0.717, 1.165) is 28.9 Å². The zero-order valence-corrected chi connectivity index (χ0v) is 23.3. The number of rotatable bonds is 10. The van der Waals surface area contributed by atoms with Gasteiger partial charge in [0.1, 0.15) is 17.3 Å². The maximum Gasteiger partial charge on any atom is 0.139 e. The summed E-state index contributed by atoms with van der Waals surface area (Å²) in [5.41, 5.74) is 2.32. The number of nitrogens with one attached hydrogen (secondary N) is 1. The smallest absolute Gasteiger partial charge is 0.139 e. The lowest BCUT2D eigenvalue weighted by Crippen LogP contribution is -2.42. The molecule has 32 heavy (non-hydrogen) atoms. The first kappa shape index (κ1) is 25.9. The molecule has 9 heteroatoms. The fourth-order valence-corrected chi connectivity index (χ4v) is 5.39. The summed E-state index contributed by atoms with van der Waals surface area (Å²) < 4.78 is 38.5. The van der Waals surface area contributed by atoms with Crippen LogP contribution in [0.15, 0.2) is 28.9 Å². The molecule has 0 unspecified atom stereocenters. The standard InChI is InChI=1S/C23H35BrFN3O2SSi/c1-23(2,3)31(29)27-21(16-7-8-16)19-14-28(15-30-11-12-32(4,5)6)26-22(19)18-13-17(25)9-10-20(18)24/h9-10,13-14,16,21,27H,7-8,11-12,15H2,1-6H3/t21-,31+/m1/s1. The molecular formula is C23H35BrFN3O2SSi. The van der Waals surface area contributed by atoms with E-state index in [1.54, 1.807) is 10.7 Å². The van der Waals surface area contributed by atoms with Crippen LogP contribution in [0.5, 0.6) is 0 Å². The van der Waals surface area contributed by atoms with E-state index in [-0.39, 0.29) is 16.6 Å². The van der Waals surface area contributed by atoms with Crippen LogP contribution in [-0.2, 0) is 22.8 Å². The molecule has 178 valence electrons. The summed E-state index contributed by atoms with van der Waals surface area (Å²) >= 11 is 2.33. The molecule has 5 nitrogen and oxygen atoms in total. The van der Waals surface area contributed by atoms with Crippen LogP contribution in [0, 0.1) is 11.7 Å². The van der Waals surface area contributed by atoms with Gasteiger partial charge in [0.15, 0.2) is 0 Å². The highest BCUT2D eigenvalue weighted by Gasteiger charge is 2.40. The van der Waals surface area contributed by atoms with Crippen LogP contribution in [-0.4, -0.2) is 33.8 Å². The van der Waals surface area contributed by atoms with E-state index in [2.05, 4.69) is 40.3 Å². The molecule has 1 aromatic heterocycles. The quantitative estimate of drug-likeness (QED) is 0.218. The van der Waals surface area contributed by atoms with Crippen molar-refractivity contribution in [2.75, 3.05) is 6.61 Å². The number of benzene rings is 1. The Morgan fingerprint density at radius 1 is 1.34 bits per heavy atom. The normalized spacial score (nSPS) is 16.9. The van der Waals surface area contributed by atoms with Crippen molar-refractivity contribution < 1.29 is 13.7 Å². The van der Waals surface area contributed by atoms with E-state index in [1.165, 1.54) is 12.1 Å². The molecule has 1 aromatic carbocycles. The number of ether oxygens (including phenoxy) is 1. The van der Waals surface area contributed by atoms with Crippen molar-refractivity contribution in [2.24, 2.45) is 5.92 Å². The molecule has 0 bridgehead atoms. The molecule has 1 heterocycles. The second kappa shape index (κ2) is 10.3. The highest BCUT2D eigenvalue weighted by molar-refractivity contribution is 9.10. The molecule has 1 fully saturated rings. The van der Waals surface area contributed by atoms with E-state index < -0.39 is 19.4 Å². The third-order valence-electron chi connectivity index (χ3n) is 5.41. The number of halogens is 2. The van der Waals surface area contributed by atoms with Gasteiger partial charge >= 0.3 is 0 Å². The van der Waals surface area contributed by atoms with Crippen molar-refractivity contribution in [2.45, 2.75) is 76.8 Å². The van der Waals surface area contributed by atoms with Gasteiger partial charge in [-0.1, -0.05) is 35.6 Å². The van der Waals surface area contributed by atoms with Crippen LogP contribution in [0.2, 0.25) is 25.7 Å². The molecule has 1 saturated carbocycles. The molecule has 0 saturated heterocycles. The topological polar surface area (TPSA) is 62.1 Å². The van der Waals surface area contributed by atoms with Gasteiger partial charge in [0, 0.05) is 47.8 Å². The Kier molecular flexibility index (Phi) is 8.32. The van der Waals surface area contributed by atoms with E-state index in [4.69, 9.17) is 9.84 Å². The van der Waals surface area contributed by atoms with Crippen molar-refractivity contribution in [3.63, 3.8) is 0 Å². The van der Waals surface area contributed by atoms with Gasteiger partial charge in [-0.15, -0.1) is 4.72 Å². The minimum Gasteiger partial charge on any atom is -0.598 e. The zero-order chi connectivity index (χ0) is 23.7. The fraction of sp³-hybridized carbons (Fsp3) is 0.609. The third kappa shape index (κ3) is 7.14. The van der Waals surface area contributed by atoms with Gasteiger partial charge in [0.25, 0.3) is 0 Å². The lowest BCUT2D eigenvalue weighted by atomic mass is 10.00. The molecule has 1 aliphatic carbocycles. The summed E-state index contributed by atoms with van der Waals surface area (Å²) in [6.45, 7) is 13.9. The average molecular weight is 545 g/mol. The molecule has 0 radical (unpaired) electrons. The molecule has 0 aliphatic heterocycles. The maximum absolute atomic E-state index is 14.1. The number of nitrogens with zero attached hydrogens (tertiary/aromatic N) is 2. The maximum atomic E-state index is 14.1. The Morgan fingerprint density at radius 3 is 2.62 bits per heavy atom. The largest absolute Gasteiger partial charge is 0.598 e. The zero-order valence-electron chi connectivity index (χ0n) is 19.9. The van der Waals surface area contributed by atoms with E-state index >= 15 is 0 Å². The summed E-state index contributed by atoms with van der Waals surface area (Å²) in [6, 6.07) is 5.59. The Bertz CT molecular complexity index is 925. The van der Waals surface area contributed by atoms with Crippen LogP contribution < -0.4 is 4.72 Å². The summed E-state index contributed by atoms with van der Waals surface area (Å²) in [5.74, 6) is 0.0714. The lowest BCUT2D eigenvalue weighted by Gasteiger charge is -2.28. The van der Waals surface area contributed by atoms with Gasteiger partial charge in [-0.25, -0.2) is 9.07 Å². The van der Waals surface area contributed by atoms with Crippen LogP contribution in [0.4, 0.5) is 4.39 Å². The SMILES string of the molecule is CC(C)(C)[S@+]([O-])N[C@@H](c1cn(COCC[Si](C)(C)C)nc1-c1cc(F)ccc1Br)C1CC1. The molecule has 2 aromatic rings. The van der Waals surface area contributed by atoms with Crippen molar-refractivity contribution in [1.82, 2.24) is 14.5 Å². The van der Waals surface area contributed by atoms with Crippen LogP contribution in [0.3, 0.4) is 0 Å². The second-order valence-corrected chi connectivity index (χ2v) is 19.2. The summed E-state index contributed by atoms with van der Waals surface area (Å²) in [4.78, 5) is 0. The highest BCUT2D eigenvalue weighted by atomic mass is 79.9. The van der Waals surface area contributed by atoms with Crippen molar-refractivity contribution in [3.05, 3.63) is 40.2 Å². The van der Waals surface area contributed by atoms with Crippen molar-refractivity contribution >= 4 is 35.4 Å². The van der Waals surface area contributed by atoms with Crippen molar-refractivity contribution in [1.29, 1.82) is 0 Å². The minimum atomic E-state index is -1.23. The lowest BCUT2D eigenvalue weighted by molar-refractivity contribution is 0.0786. The predicted molar refractivity (Wildman–Crippen MR) is 136 cm³/mol. The number of hydrogen-bond acceptors (Lipinski definition) is 4. The number of hydrogen-bond donors (Lipinski definition) is 1. The minimum absolute atomic E-state index is 0.115. The van der Waals surface area contributed by atoms with Crippen LogP contribution in [0.25, 0.3) is 11.3 Å². The summed E-state index contributed by atoms with van der Waals surface area (Å²) in [7, 11) is -1.17. The van der Waals surface area contributed by atoms with Crippen molar-refractivity contribution in [3.8, 4) is 11.3 Å². The van der Waals surface area contributed by atoms with Gasteiger partial charge < -0.3 is 9.29 Å². The number of aromatic nitrogens is 2. The highest BCUT2D eigenvalue weighted by Crippen LogP contribution is 2.45. The average Bonchev–Trinajstić information content (AvgIpc) is 3.43. The van der Waals surface area contributed by atoms with E-state index in [0.29, 0.717) is 30.5 Å². The molecule has 0 amide bonds. The van der Waals surface area contributed by atoms with Gasteiger partial charge in [-0.2, -0.15) is 5.10 Å². The summed E-state index contributed by atoms with van der Waals surface area (Å²) in [6.07, 6.45) is 4.11. The molecular weight excluding hydrogens is 509 g/mol. The Hall–Kier alpha value is -0.713. The molecule has 1 aliphatic rings. The first-order valence-corrected chi connectivity index (χ1v) is 16.8. The Morgan fingerprint density at radius 2 is 2.03 bits per heavy atom. The Labute approximate surface area is 204 Å². The first-order valence-electron chi connectivity index (χ1n) is 11.1. The van der Waals surface area contributed by atoms with E-state index in [9.17, 15) is 8.94 Å². The second-order valence-electron chi connectivity index (χ2n) is 10.8. The van der Waals surface area contributed by atoms with E-state index in [1.807, 2.05) is 27.0 Å². The van der Waals surface area contributed by atoms with Gasteiger partial charge in [-0.3, -0.25) is 0 Å². The monoisotopic (exact) mass is 543 g/mol. The fourth-order valence-electron chi connectivity index (χ4n) is 3.29. The Balaban J connectivity index is 1.93. The van der Waals surface area contributed by atoms with Crippen LogP contribution in [0.1, 0.15) is 45.2 Å². The van der Waals surface area contributed by atoms with Gasteiger partial charge in [0.05, 0.1) is 11.7 Å². The summed E-state index contributed by atoms with van der Waals surface area (Å²) in [5, 5.41) is 4.78.